The minimum absolute atomic E-state index is 0.108. The van der Waals surface area contributed by atoms with Crippen LogP contribution in [-0.2, 0) is 0 Å². The number of aromatic nitrogens is 2. The van der Waals surface area contributed by atoms with Crippen molar-refractivity contribution >= 4 is 17.2 Å². The highest BCUT2D eigenvalue weighted by Crippen LogP contribution is 2.25. The monoisotopic (exact) mass is 337 g/mol. The van der Waals surface area contributed by atoms with Crippen LogP contribution in [0.2, 0.25) is 0 Å². The van der Waals surface area contributed by atoms with Gasteiger partial charge in [0, 0.05) is 12.4 Å². The lowest BCUT2D eigenvalue weighted by atomic mass is 9.96. The number of pyridine rings is 1. The lowest BCUT2D eigenvalue weighted by molar-refractivity contribution is 0.0946. The zero-order valence-corrected chi connectivity index (χ0v) is 14.7. The van der Waals surface area contributed by atoms with Crippen molar-refractivity contribution in [3.05, 3.63) is 81.1 Å². The molecule has 0 radical (unpaired) electrons. The topological polar surface area (TPSA) is 54.9 Å². The van der Waals surface area contributed by atoms with E-state index in [1.165, 1.54) is 22.5 Å². The molecule has 0 unspecified atom stereocenters. The van der Waals surface area contributed by atoms with Gasteiger partial charge >= 0.3 is 0 Å². The van der Waals surface area contributed by atoms with Crippen molar-refractivity contribution in [3.8, 4) is 0 Å². The second kappa shape index (κ2) is 6.93. The normalized spacial score (nSPS) is 12.0. The van der Waals surface area contributed by atoms with Gasteiger partial charge in [-0.1, -0.05) is 35.4 Å². The average Bonchev–Trinajstić information content (AvgIpc) is 2.98. The number of rotatable bonds is 4. The zero-order chi connectivity index (χ0) is 17.1. The average molecular weight is 337 g/mol. The number of aryl methyl sites for hydroxylation is 3. The van der Waals surface area contributed by atoms with Gasteiger partial charge in [0.1, 0.15) is 4.88 Å². The summed E-state index contributed by atoms with van der Waals surface area (Å²) >= 11 is 1.36. The van der Waals surface area contributed by atoms with Crippen molar-refractivity contribution in [2.75, 3.05) is 0 Å². The number of benzene rings is 1. The highest BCUT2D eigenvalue weighted by Gasteiger charge is 2.20. The molecule has 122 valence electrons. The van der Waals surface area contributed by atoms with E-state index >= 15 is 0 Å². The summed E-state index contributed by atoms with van der Waals surface area (Å²) in [5.74, 6) is -0.108. The highest BCUT2D eigenvalue weighted by molar-refractivity contribution is 7.11. The van der Waals surface area contributed by atoms with E-state index in [0.29, 0.717) is 4.88 Å². The van der Waals surface area contributed by atoms with Gasteiger partial charge < -0.3 is 5.32 Å². The highest BCUT2D eigenvalue weighted by atomic mass is 32.1. The summed E-state index contributed by atoms with van der Waals surface area (Å²) in [7, 11) is 0. The summed E-state index contributed by atoms with van der Waals surface area (Å²) in [6.07, 6.45) is 3.53. The summed E-state index contributed by atoms with van der Waals surface area (Å²) in [4.78, 5) is 21.7. The molecule has 0 aliphatic rings. The molecule has 1 atom stereocenters. The molecular weight excluding hydrogens is 318 g/mol. The molecule has 1 amide bonds. The van der Waals surface area contributed by atoms with Crippen LogP contribution in [0.1, 0.15) is 43.7 Å². The standard InChI is InChI=1S/C19H19N3OS/c1-12-7-13(2)9-16(8-12)17(15-5-4-6-20-10-15)22-19(23)18-14(3)21-11-24-18/h4-11,17H,1-3H3,(H,22,23)/t17-/m1/s1. The second-order valence-corrected chi connectivity index (χ2v) is 6.74. The molecule has 0 saturated heterocycles. The van der Waals surface area contributed by atoms with Gasteiger partial charge in [-0.25, -0.2) is 4.98 Å². The number of hydrogen-bond acceptors (Lipinski definition) is 4. The number of hydrogen-bond donors (Lipinski definition) is 1. The van der Waals surface area contributed by atoms with Crippen molar-refractivity contribution in [1.29, 1.82) is 0 Å². The van der Waals surface area contributed by atoms with E-state index in [0.717, 1.165) is 16.8 Å². The quantitative estimate of drug-likeness (QED) is 0.783. The summed E-state index contributed by atoms with van der Waals surface area (Å²) in [5, 5.41) is 3.14. The summed E-state index contributed by atoms with van der Waals surface area (Å²) in [6, 6.07) is 9.95. The van der Waals surface area contributed by atoms with Crippen molar-refractivity contribution in [1.82, 2.24) is 15.3 Å². The number of amides is 1. The van der Waals surface area contributed by atoms with Gasteiger partial charge in [0.2, 0.25) is 0 Å². The van der Waals surface area contributed by atoms with Crippen LogP contribution in [-0.4, -0.2) is 15.9 Å². The zero-order valence-electron chi connectivity index (χ0n) is 13.9. The molecule has 2 heterocycles. The SMILES string of the molecule is Cc1cc(C)cc([C@H](NC(=O)c2scnc2C)c2cccnc2)c1. The van der Waals surface area contributed by atoms with Crippen LogP contribution in [0.25, 0.3) is 0 Å². The van der Waals surface area contributed by atoms with Crippen LogP contribution in [0, 0.1) is 20.8 Å². The van der Waals surface area contributed by atoms with Gasteiger partial charge in [-0.05, 0) is 38.0 Å². The van der Waals surface area contributed by atoms with Crippen molar-refractivity contribution in [3.63, 3.8) is 0 Å². The summed E-state index contributed by atoms with van der Waals surface area (Å²) in [5.41, 5.74) is 6.79. The number of thiazole rings is 1. The maximum atomic E-state index is 12.7. The third-order valence-corrected chi connectivity index (χ3v) is 4.75. The fourth-order valence-corrected chi connectivity index (χ4v) is 3.50. The molecule has 0 bridgehead atoms. The molecule has 5 heteroatoms. The number of carbonyl (C=O) groups excluding carboxylic acids is 1. The van der Waals surface area contributed by atoms with Crippen LogP contribution < -0.4 is 5.32 Å². The molecule has 0 saturated carbocycles. The Morgan fingerprint density at radius 3 is 2.46 bits per heavy atom. The molecule has 3 aromatic rings. The van der Waals surface area contributed by atoms with Crippen LogP contribution in [0.15, 0.2) is 48.2 Å². The number of nitrogens with one attached hydrogen (secondary N) is 1. The molecule has 4 nitrogen and oxygen atoms in total. The Kier molecular flexibility index (Phi) is 4.71. The smallest absolute Gasteiger partial charge is 0.264 e. The first-order valence-electron chi connectivity index (χ1n) is 7.73. The molecular formula is C19H19N3OS. The lowest BCUT2D eigenvalue weighted by Gasteiger charge is -2.20. The van der Waals surface area contributed by atoms with Crippen LogP contribution in [0.4, 0.5) is 0 Å². The minimum atomic E-state index is -0.244. The van der Waals surface area contributed by atoms with Crippen LogP contribution in [0.3, 0.4) is 0 Å². The van der Waals surface area contributed by atoms with E-state index in [1.54, 1.807) is 17.9 Å². The fourth-order valence-electron chi connectivity index (χ4n) is 2.80. The first-order chi connectivity index (χ1) is 11.5. The van der Waals surface area contributed by atoms with Gasteiger partial charge in [0.05, 0.1) is 17.2 Å². The van der Waals surface area contributed by atoms with E-state index in [9.17, 15) is 4.79 Å². The predicted molar refractivity (Wildman–Crippen MR) is 96.3 cm³/mol. The van der Waals surface area contributed by atoms with Gasteiger partial charge in [-0.15, -0.1) is 11.3 Å². The number of nitrogens with zero attached hydrogens (tertiary/aromatic N) is 2. The Bertz CT molecular complexity index is 838. The predicted octanol–water partition coefficient (Wildman–Crippen LogP) is 3.98. The Labute approximate surface area is 145 Å². The van der Waals surface area contributed by atoms with E-state index in [4.69, 9.17) is 0 Å². The van der Waals surface area contributed by atoms with Gasteiger partial charge in [-0.3, -0.25) is 9.78 Å². The minimum Gasteiger partial charge on any atom is -0.340 e. The molecule has 1 N–H and O–H groups in total. The molecule has 0 fully saturated rings. The molecule has 24 heavy (non-hydrogen) atoms. The van der Waals surface area contributed by atoms with Crippen molar-refractivity contribution in [2.24, 2.45) is 0 Å². The molecule has 1 aromatic carbocycles. The third kappa shape index (κ3) is 3.51. The molecule has 2 aromatic heterocycles. The Morgan fingerprint density at radius 2 is 1.88 bits per heavy atom. The summed E-state index contributed by atoms with van der Waals surface area (Å²) < 4.78 is 0. The third-order valence-electron chi connectivity index (χ3n) is 3.82. The Hall–Kier alpha value is -2.53. The first kappa shape index (κ1) is 16.3. The van der Waals surface area contributed by atoms with Gasteiger partial charge in [-0.2, -0.15) is 0 Å². The Balaban J connectivity index is 2.00. The number of carbonyl (C=O) groups is 1. The molecule has 0 aliphatic heterocycles. The van der Waals surface area contributed by atoms with E-state index in [-0.39, 0.29) is 11.9 Å². The molecule has 0 spiro atoms. The van der Waals surface area contributed by atoms with Gasteiger partial charge in [0.25, 0.3) is 5.91 Å². The maximum absolute atomic E-state index is 12.7. The Morgan fingerprint density at radius 1 is 1.12 bits per heavy atom. The lowest BCUT2D eigenvalue weighted by Crippen LogP contribution is -2.29. The van der Waals surface area contributed by atoms with Crippen molar-refractivity contribution < 1.29 is 4.79 Å². The van der Waals surface area contributed by atoms with Gasteiger partial charge in [0.15, 0.2) is 0 Å². The second-order valence-electron chi connectivity index (χ2n) is 5.88. The molecule has 3 rings (SSSR count). The van der Waals surface area contributed by atoms with E-state index in [1.807, 2.05) is 19.1 Å². The van der Waals surface area contributed by atoms with E-state index in [2.05, 4.69) is 47.3 Å². The van der Waals surface area contributed by atoms with E-state index < -0.39 is 0 Å². The van der Waals surface area contributed by atoms with Crippen molar-refractivity contribution in [2.45, 2.75) is 26.8 Å². The van der Waals surface area contributed by atoms with Crippen LogP contribution >= 0.6 is 11.3 Å². The first-order valence-corrected chi connectivity index (χ1v) is 8.61. The van der Waals surface area contributed by atoms with Crippen LogP contribution in [0.5, 0.6) is 0 Å². The largest absolute Gasteiger partial charge is 0.340 e. The fraction of sp³-hybridized carbons (Fsp3) is 0.211. The summed E-state index contributed by atoms with van der Waals surface area (Å²) in [6.45, 7) is 5.97. The molecule has 0 aliphatic carbocycles. The maximum Gasteiger partial charge on any atom is 0.264 e.